The summed E-state index contributed by atoms with van der Waals surface area (Å²) in [6.07, 6.45) is 27.4. The number of para-hydroxylation sites is 4. The first-order valence-electron chi connectivity index (χ1n) is 21.8. The predicted molar refractivity (Wildman–Crippen MR) is 262 cm³/mol. The molecule has 0 fully saturated rings. The van der Waals surface area contributed by atoms with Crippen LogP contribution in [0.25, 0.3) is 15.7 Å². The Hall–Kier alpha value is -6.03. The Bertz CT molecular complexity index is 2550. The fourth-order valence-electron chi connectivity index (χ4n) is 9.40. The Morgan fingerprint density at radius 1 is 0.633 bits per heavy atom. The van der Waals surface area contributed by atoms with Crippen molar-refractivity contribution in [2.75, 3.05) is 9.80 Å². The highest BCUT2D eigenvalue weighted by molar-refractivity contribution is 7.90. The molecule has 6 aromatic rings. The number of benzene rings is 6. The van der Waals surface area contributed by atoms with Crippen molar-refractivity contribution in [3.8, 4) is 0 Å². The molecule has 0 amide bonds. The standard InChI is InChI=1S/C57H54N2S/c1-41-21-17-34-50-43(22-18-24-44(50)38-41)23-19-35-55(60)45-36-37-52-54(40-45)57(59(48-29-11-5-12-30-48)49-31-13-6-14-32-49)53-39-42(2)20-15-16-33-51(53)56(52)58(46-25-7-3-8-26-46)47-27-9-4-10-28-47/h3-16,18-19,23-32,34-38,40-43,60H,17,20-22,33,39H2,1-2H3/b16-15-,23-19+,55-35-. The lowest BCUT2D eigenvalue weighted by atomic mass is 9.84. The molecule has 0 spiro atoms. The van der Waals surface area contributed by atoms with Gasteiger partial charge in [0.05, 0.1) is 11.4 Å². The van der Waals surface area contributed by atoms with E-state index >= 15 is 0 Å². The monoisotopic (exact) mass is 798 g/mol. The number of rotatable bonds is 9. The fraction of sp³-hybridized carbons (Fsp3) is 0.193. The highest BCUT2D eigenvalue weighted by atomic mass is 32.1. The largest absolute Gasteiger partial charge is 0.310 e. The highest BCUT2D eigenvalue weighted by Crippen LogP contribution is 2.51. The molecule has 0 saturated heterocycles. The molecule has 0 heterocycles. The summed E-state index contributed by atoms with van der Waals surface area (Å²) in [5.74, 6) is 1.43. The maximum Gasteiger partial charge on any atom is 0.0579 e. The Morgan fingerprint density at radius 2 is 1.22 bits per heavy atom. The van der Waals surface area contributed by atoms with Crippen molar-refractivity contribution in [1.29, 1.82) is 0 Å². The van der Waals surface area contributed by atoms with Crippen molar-refractivity contribution in [2.24, 2.45) is 17.8 Å². The predicted octanol–water partition coefficient (Wildman–Crippen LogP) is 16.1. The Labute approximate surface area is 362 Å². The number of fused-ring (bicyclic) bond motifs is 3. The quantitative estimate of drug-likeness (QED) is 0.0674. The molecule has 60 heavy (non-hydrogen) atoms. The normalized spacial score (nSPS) is 19.6. The molecular weight excluding hydrogens is 745 g/mol. The third-order valence-corrected chi connectivity index (χ3v) is 12.7. The van der Waals surface area contributed by atoms with Gasteiger partial charge < -0.3 is 9.80 Å². The van der Waals surface area contributed by atoms with Gasteiger partial charge in [0, 0.05) is 44.3 Å². The molecule has 0 aromatic heterocycles. The van der Waals surface area contributed by atoms with Crippen molar-refractivity contribution >= 4 is 62.4 Å². The number of thiol groups is 1. The van der Waals surface area contributed by atoms with Crippen LogP contribution < -0.4 is 9.80 Å². The van der Waals surface area contributed by atoms with Gasteiger partial charge in [-0.15, -0.1) is 12.6 Å². The summed E-state index contributed by atoms with van der Waals surface area (Å²) in [7, 11) is 0. The topological polar surface area (TPSA) is 6.48 Å². The molecule has 3 unspecified atom stereocenters. The van der Waals surface area contributed by atoms with Crippen molar-refractivity contribution < 1.29 is 0 Å². The first-order valence-corrected chi connectivity index (χ1v) is 22.2. The number of hydrogen-bond acceptors (Lipinski definition) is 3. The van der Waals surface area contributed by atoms with Crippen LogP contribution in [-0.4, -0.2) is 0 Å². The van der Waals surface area contributed by atoms with Gasteiger partial charge in [-0.25, -0.2) is 0 Å². The summed E-state index contributed by atoms with van der Waals surface area (Å²) in [6.45, 7) is 4.74. The van der Waals surface area contributed by atoms with E-state index in [1.54, 1.807) is 0 Å². The van der Waals surface area contributed by atoms with Crippen LogP contribution in [-0.2, 0) is 12.8 Å². The van der Waals surface area contributed by atoms with Gasteiger partial charge in [-0.1, -0.05) is 147 Å². The van der Waals surface area contributed by atoms with Crippen molar-refractivity contribution in [2.45, 2.75) is 52.4 Å². The van der Waals surface area contributed by atoms with Gasteiger partial charge in [-0.3, -0.25) is 0 Å². The minimum atomic E-state index is 0.373. The molecule has 298 valence electrons. The first kappa shape index (κ1) is 39.4. The van der Waals surface area contributed by atoms with Crippen molar-refractivity contribution in [3.63, 3.8) is 0 Å². The lowest BCUT2D eigenvalue weighted by Gasteiger charge is -2.36. The average Bonchev–Trinajstić information content (AvgIpc) is 3.48. The van der Waals surface area contributed by atoms with E-state index in [0.29, 0.717) is 17.8 Å². The summed E-state index contributed by atoms with van der Waals surface area (Å²) in [4.78, 5) is 5.94. The molecule has 9 rings (SSSR count). The molecule has 3 atom stereocenters. The number of allylic oxidation sites excluding steroid dienone is 11. The van der Waals surface area contributed by atoms with Crippen LogP contribution in [0, 0.1) is 17.8 Å². The van der Waals surface area contributed by atoms with Gasteiger partial charge in [0.2, 0.25) is 0 Å². The van der Waals surface area contributed by atoms with Crippen LogP contribution >= 0.6 is 12.6 Å². The molecule has 0 saturated carbocycles. The van der Waals surface area contributed by atoms with Crippen LogP contribution in [0.1, 0.15) is 56.2 Å². The van der Waals surface area contributed by atoms with Gasteiger partial charge in [0.1, 0.15) is 0 Å². The van der Waals surface area contributed by atoms with E-state index in [2.05, 4.69) is 218 Å². The summed E-state index contributed by atoms with van der Waals surface area (Å²) in [5.41, 5.74) is 13.7. The smallest absolute Gasteiger partial charge is 0.0579 e. The van der Waals surface area contributed by atoms with E-state index in [1.165, 1.54) is 50.8 Å². The van der Waals surface area contributed by atoms with Crippen molar-refractivity contribution in [1.82, 2.24) is 0 Å². The maximum atomic E-state index is 5.25. The van der Waals surface area contributed by atoms with Gasteiger partial charge in [-0.05, 0) is 139 Å². The molecule has 3 aliphatic carbocycles. The molecule has 0 aliphatic heterocycles. The number of nitrogens with zero attached hydrogens (tertiary/aromatic N) is 2. The van der Waals surface area contributed by atoms with E-state index in [1.807, 2.05) is 0 Å². The summed E-state index contributed by atoms with van der Waals surface area (Å²) < 4.78 is 0. The number of hydrogen-bond donors (Lipinski definition) is 1. The molecule has 3 aliphatic rings. The second-order valence-electron chi connectivity index (χ2n) is 16.7. The Morgan fingerprint density at radius 3 is 1.82 bits per heavy atom. The van der Waals surface area contributed by atoms with Crippen LogP contribution in [0.15, 0.2) is 205 Å². The summed E-state index contributed by atoms with van der Waals surface area (Å²) >= 11 is 5.25. The van der Waals surface area contributed by atoms with Gasteiger partial charge in [-0.2, -0.15) is 0 Å². The van der Waals surface area contributed by atoms with E-state index in [4.69, 9.17) is 12.6 Å². The molecule has 3 heteroatoms. The van der Waals surface area contributed by atoms with Crippen molar-refractivity contribution in [3.05, 3.63) is 222 Å². The third kappa shape index (κ3) is 8.24. The van der Waals surface area contributed by atoms with Gasteiger partial charge in [0.25, 0.3) is 0 Å². The van der Waals surface area contributed by atoms with Gasteiger partial charge in [0.15, 0.2) is 0 Å². The van der Waals surface area contributed by atoms with Crippen LogP contribution in [0.3, 0.4) is 0 Å². The Kier molecular flexibility index (Phi) is 11.9. The molecule has 0 bridgehead atoms. The third-order valence-electron chi connectivity index (χ3n) is 12.3. The van der Waals surface area contributed by atoms with E-state index < -0.39 is 0 Å². The molecule has 0 N–H and O–H groups in total. The lowest BCUT2D eigenvalue weighted by molar-refractivity contribution is 0.584. The zero-order chi connectivity index (χ0) is 40.8. The molecule has 0 radical (unpaired) electrons. The van der Waals surface area contributed by atoms with Crippen LogP contribution in [0.5, 0.6) is 0 Å². The number of anilines is 6. The zero-order valence-electron chi connectivity index (χ0n) is 34.8. The minimum absolute atomic E-state index is 0.373. The molecule has 6 aromatic carbocycles. The zero-order valence-corrected chi connectivity index (χ0v) is 35.7. The minimum Gasteiger partial charge on any atom is -0.310 e. The Balaban J connectivity index is 1.30. The maximum absolute atomic E-state index is 5.25. The second kappa shape index (κ2) is 18.1. The molecule has 2 nitrogen and oxygen atoms in total. The SMILES string of the molecule is CC1C=C2C=CCC(/C=C/C=C(\S)c3ccc4c(N(c5ccccc5)c5ccccc5)c5c(c(N(c6ccccc6)c6ccccc6)c4c3)CC(C)C/C=C\C5)C2=CCC1. The van der Waals surface area contributed by atoms with Gasteiger partial charge >= 0.3 is 0 Å². The van der Waals surface area contributed by atoms with E-state index in [-0.39, 0.29) is 0 Å². The summed E-state index contributed by atoms with van der Waals surface area (Å²) in [6, 6.07) is 50.6. The molecular formula is C57H54N2S. The van der Waals surface area contributed by atoms with E-state index in [9.17, 15) is 0 Å². The fourth-order valence-corrected chi connectivity index (χ4v) is 9.63. The first-order chi connectivity index (χ1) is 29.5. The van der Waals surface area contributed by atoms with E-state index in [0.717, 1.165) is 65.3 Å². The average molecular weight is 799 g/mol. The lowest BCUT2D eigenvalue weighted by Crippen LogP contribution is -2.20. The second-order valence-corrected chi connectivity index (χ2v) is 17.1. The van der Waals surface area contributed by atoms with Crippen LogP contribution in [0.2, 0.25) is 0 Å². The highest BCUT2D eigenvalue weighted by Gasteiger charge is 2.30. The summed E-state index contributed by atoms with van der Waals surface area (Å²) in [5, 5.41) is 2.41. The van der Waals surface area contributed by atoms with Crippen LogP contribution in [0.4, 0.5) is 34.1 Å².